The summed E-state index contributed by atoms with van der Waals surface area (Å²) in [5, 5.41) is 11.0. The molecule has 1 aliphatic rings. The van der Waals surface area contributed by atoms with E-state index >= 15 is 0 Å². The molecule has 0 aliphatic heterocycles. The van der Waals surface area contributed by atoms with E-state index < -0.39 is 18.0 Å². The molecule has 4 nitrogen and oxygen atoms in total. The van der Waals surface area contributed by atoms with Crippen molar-refractivity contribution >= 4 is 5.91 Å². The Bertz CT molecular complexity index is 284. The van der Waals surface area contributed by atoms with Crippen LogP contribution in [0.3, 0.4) is 0 Å². The van der Waals surface area contributed by atoms with E-state index in [4.69, 9.17) is 9.84 Å². The highest BCUT2D eigenvalue weighted by atomic mass is 19.4. The molecule has 0 bridgehead atoms. The fourth-order valence-corrected chi connectivity index (χ4v) is 2.28. The standard InChI is InChI=1S/C12H20F3NO3/c13-12(14,15)10-3-1-2-9(8-10)11(18)16-4-6-19-7-5-17/h9-10,17H,1-8H2,(H,16,18). The minimum absolute atomic E-state index is 0.0934. The predicted octanol–water partition coefficient (Wildman–Crippen LogP) is 1.48. The Morgan fingerprint density at radius 1 is 1.32 bits per heavy atom. The van der Waals surface area contributed by atoms with Gasteiger partial charge in [0.25, 0.3) is 0 Å². The number of amides is 1. The third-order valence-electron chi connectivity index (χ3n) is 3.29. The summed E-state index contributed by atoms with van der Waals surface area (Å²) in [6, 6.07) is 0. The normalized spacial score (nSPS) is 24.2. The molecule has 1 amide bonds. The van der Waals surface area contributed by atoms with Gasteiger partial charge in [0.2, 0.25) is 5.91 Å². The summed E-state index contributed by atoms with van der Waals surface area (Å²) < 4.78 is 42.7. The van der Waals surface area contributed by atoms with Crippen LogP contribution in [0.1, 0.15) is 25.7 Å². The Morgan fingerprint density at radius 2 is 2.05 bits per heavy atom. The van der Waals surface area contributed by atoms with Crippen molar-refractivity contribution in [2.75, 3.05) is 26.4 Å². The number of halogens is 3. The maximum atomic E-state index is 12.6. The molecule has 7 heteroatoms. The highest BCUT2D eigenvalue weighted by molar-refractivity contribution is 5.78. The number of ether oxygens (including phenoxy) is 1. The predicted molar refractivity (Wildman–Crippen MR) is 62.4 cm³/mol. The van der Waals surface area contributed by atoms with Crippen LogP contribution in [0.2, 0.25) is 0 Å². The van der Waals surface area contributed by atoms with Gasteiger partial charge in [0.1, 0.15) is 0 Å². The number of aliphatic hydroxyl groups is 1. The van der Waals surface area contributed by atoms with Crippen molar-refractivity contribution in [2.24, 2.45) is 11.8 Å². The molecule has 2 N–H and O–H groups in total. The molecule has 1 rings (SSSR count). The van der Waals surface area contributed by atoms with Crippen LogP contribution in [0.15, 0.2) is 0 Å². The number of hydrogen-bond donors (Lipinski definition) is 2. The average Bonchev–Trinajstić information content (AvgIpc) is 2.37. The molecule has 112 valence electrons. The smallest absolute Gasteiger partial charge is 0.391 e. The van der Waals surface area contributed by atoms with Crippen molar-refractivity contribution in [2.45, 2.75) is 31.9 Å². The fourth-order valence-electron chi connectivity index (χ4n) is 2.28. The molecule has 1 aliphatic carbocycles. The molecule has 2 unspecified atom stereocenters. The number of nitrogens with one attached hydrogen (secondary N) is 1. The number of hydrogen-bond acceptors (Lipinski definition) is 3. The zero-order valence-corrected chi connectivity index (χ0v) is 10.7. The lowest BCUT2D eigenvalue weighted by atomic mass is 9.80. The SMILES string of the molecule is O=C(NCCOCCO)C1CCCC(C(F)(F)F)C1. The average molecular weight is 283 g/mol. The van der Waals surface area contributed by atoms with Crippen LogP contribution >= 0.6 is 0 Å². The summed E-state index contributed by atoms with van der Waals surface area (Å²) in [5.41, 5.74) is 0. The van der Waals surface area contributed by atoms with Crippen molar-refractivity contribution < 1.29 is 27.8 Å². The minimum atomic E-state index is -4.21. The molecule has 0 aromatic carbocycles. The van der Waals surface area contributed by atoms with E-state index in [-0.39, 0.29) is 45.1 Å². The van der Waals surface area contributed by atoms with Crippen molar-refractivity contribution in [3.63, 3.8) is 0 Å². The molecular weight excluding hydrogens is 263 g/mol. The molecule has 0 spiro atoms. The van der Waals surface area contributed by atoms with Gasteiger partial charge in [-0.05, 0) is 19.3 Å². The highest BCUT2D eigenvalue weighted by Crippen LogP contribution is 2.39. The Hall–Kier alpha value is -0.820. The van der Waals surface area contributed by atoms with Gasteiger partial charge in [0.05, 0.1) is 25.7 Å². The molecule has 0 heterocycles. The quantitative estimate of drug-likeness (QED) is 0.726. The maximum Gasteiger partial charge on any atom is 0.391 e. The van der Waals surface area contributed by atoms with Crippen LogP contribution < -0.4 is 5.32 Å². The van der Waals surface area contributed by atoms with Crippen LogP contribution in [0.4, 0.5) is 13.2 Å². The van der Waals surface area contributed by atoms with E-state index in [0.717, 1.165) is 0 Å². The molecule has 0 aromatic heterocycles. The zero-order chi connectivity index (χ0) is 14.3. The summed E-state index contributed by atoms with van der Waals surface area (Å²) in [6.07, 6.45) is -3.26. The lowest BCUT2D eigenvalue weighted by Gasteiger charge is -2.29. The molecule has 0 aromatic rings. The van der Waals surface area contributed by atoms with Crippen molar-refractivity contribution in [3.8, 4) is 0 Å². The first-order chi connectivity index (χ1) is 8.95. The first-order valence-corrected chi connectivity index (χ1v) is 6.48. The van der Waals surface area contributed by atoms with E-state index in [9.17, 15) is 18.0 Å². The van der Waals surface area contributed by atoms with Crippen molar-refractivity contribution in [3.05, 3.63) is 0 Å². The lowest BCUT2D eigenvalue weighted by molar-refractivity contribution is -0.186. The molecule has 0 radical (unpaired) electrons. The number of carbonyl (C=O) groups excluding carboxylic acids is 1. The van der Waals surface area contributed by atoms with Crippen LogP contribution in [0.5, 0.6) is 0 Å². The number of aliphatic hydroxyl groups excluding tert-OH is 1. The van der Waals surface area contributed by atoms with Gasteiger partial charge < -0.3 is 15.2 Å². The summed E-state index contributed by atoms with van der Waals surface area (Å²) in [5.74, 6) is -2.25. The lowest BCUT2D eigenvalue weighted by Crippen LogP contribution is -2.38. The van der Waals surface area contributed by atoms with E-state index in [1.807, 2.05) is 0 Å². The summed E-state index contributed by atoms with van der Waals surface area (Å²) in [4.78, 5) is 11.7. The van der Waals surface area contributed by atoms with Crippen molar-refractivity contribution in [1.82, 2.24) is 5.32 Å². The second-order valence-electron chi connectivity index (χ2n) is 4.73. The number of alkyl halides is 3. The zero-order valence-electron chi connectivity index (χ0n) is 10.7. The molecule has 1 saturated carbocycles. The third kappa shape index (κ3) is 5.78. The monoisotopic (exact) mass is 283 g/mol. The molecule has 2 atom stereocenters. The van der Waals surface area contributed by atoms with Gasteiger partial charge in [0, 0.05) is 12.5 Å². The van der Waals surface area contributed by atoms with Crippen LogP contribution in [0, 0.1) is 11.8 Å². The van der Waals surface area contributed by atoms with Gasteiger partial charge in [-0.15, -0.1) is 0 Å². The van der Waals surface area contributed by atoms with Gasteiger partial charge in [-0.2, -0.15) is 13.2 Å². The van der Waals surface area contributed by atoms with Gasteiger partial charge in [0.15, 0.2) is 0 Å². The largest absolute Gasteiger partial charge is 0.394 e. The summed E-state index contributed by atoms with van der Waals surface area (Å²) in [7, 11) is 0. The van der Waals surface area contributed by atoms with E-state index in [2.05, 4.69) is 5.32 Å². The highest BCUT2D eigenvalue weighted by Gasteiger charge is 2.43. The Balaban J connectivity index is 2.28. The second kappa shape index (κ2) is 7.69. The second-order valence-corrected chi connectivity index (χ2v) is 4.73. The van der Waals surface area contributed by atoms with Gasteiger partial charge in [-0.3, -0.25) is 4.79 Å². The molecule has 19 heavy (non-hydrogen) atoms. The maximum absolute atomic E-state index is 12.6. The van der Waals surface area contributed by atoms with Gasteiger partial charge in [-0.1, -0.05) is 6.42 Å². The minimum Gasteiger partial charge on any atom is -0.394 e. The Kier molecular flexibility index (Phi) is 6.57. The van der Waals surface area contributed by atoms with Gasteiger partial charge in [-0.25, -0.2) is 0 Å². The number of carbonyl (C=O) groups is 1. The molecular formula is C12H20F3NO3. The molecule has 0 saturated heterocycles. The Morgan fingerprint density at radius 3 is 2.68 bits per heavy atom. The van der Waals surface area contributed by atoms with Gasteiger partial charge >= 0.3 is 6.18 Å². The molecule has 1 fully saturated rings. The van der Waals surface area contributed by atoms with Crippen LogP contribution in [-0.2, 0) is 9.53 Å². The fraction of sp³-hybridized carbons (Fsp3) is 0.917. The Labute approximate surface area is 110 Å². The third-order valence-corrected chi connectivity index (χ3v) is 3.29. The first-order valence-electron chi connectivity index (χ1n) is 6.48. The van der Waals surface area contributed by atoms with E-state index in [0.29, 0.717) is 12.8 Å². The first kappa shape index (κ1) is 16.2. The van der Waals surface area contributed by atoms with Crippen molar-refractivity contribution in [1.29, 1.82) is 0 Å². The van der Waals surface area contributed by atoms with E-state index in [1.165, 1.54) is 0 Å². The van der Waals surface area contributed by atoms with E-state index in [1.54, 1.807) is 0 Å². The topological polar surface area (TPSA) is 58.6 Å². The number of rotatable bonds is 6. The summed E-state index contributed by atoms with van der Waals surface area (Å²) in [6.45, 7) is 0.604. The van der Waals surface area contributed by atoms with Crippen LogP contribution in [-0.4, -0.2) is 43.6 Å². The summed E-state index contributed by atoms with van der Waals surface area (Å²) >= 11 is 0. The van der Waals surface area contributed by atoms with Crippen LogP contribution in [0.25, 0.3) is 0 Å².